The lowest BCUT2D eigenvalue weighted by Gasteiger charge is -2.08. The van der Waals surface area contributed by atoms with Crippen molar-refractivity contribution in [1.29, 1.82) is 0 Å². The molecule has 9 heavy (non-hydrogen) atoms. The summed E-state index contributed by atoms with van der Waals surface area (Å²) < 4.78 is 15.0. The molecule has 0 amide bonds. The zero-order chi connectivity index (χ0) is 7.11. The predicted molar refractivity (Wildman–Crippen MR) is 40.5 cm³/mol. The highest BCUT2D eigenvalue weighted by molar-refractivity contribution is 7.17. The number of rotatable bonds is 5. The Morgan fingerprint density at radius 2 is 2.22 bits per heavy atom. The van der Waals surface area contributed by atoms with Crippen LogP contribution in [0.1, 0.15) is 33.1 Å². The molecule has 3 heteroatoms. The molecule has 0 aromatic carbocycles. The van der Waals surface area contributed by atoms with Crippen molar-refractivity contribution < 1.29 is 9.09 Å². The van der Waals surface area contributed by atoms with Gasteiger partial charge in [-0.2, -0.15) is 0 Å². The summed E-state index contributed by atoms with van der Waals surface area (Å²) in [7, 11) is -1.01. The van der Waals surface area contributed by atoms with Crippen LogP contribution >= 0.6 is 8.69 Å². The Kier molecular flexibility index (Phi) is 6.45. The summed E-state index contributed by atoms with van der Waals surface area (Å²) >= 11 is 0. The first-order valence-corrected chi connectivity index (χ1v) is 4.38. The Morgan fingerprint density at radius 1 is 1.56 bits per heavy atom. The quantitative estimate of drug-likeness (QED) is 0.562. The summed E-state index contributed by atoms with van der Waals surface area (Å²) in [5.41, 5.74) is 0. The zero-order valence-electron chi connectivity index (χ0n) is 6.09. The molecule has 0 N–H and O–H groups in total. The second kappa shape index (κ2) is 6.31. The Balaban J connectivity index is 3.28. The third kappa shape index (κ3) is 4.68. The molecule has 2 atom stereocenters. The molecule has 0 aliphatic carbocycles. The van der Waals surface area contributed by atoms with Gasteiger partial charge >= 0.3 is 0 Å². The fourth-order valence-electron chi connectivity index (χ4n) is 0.769. The molecule has 0 radical (unpaired) electrons. The predicted octanol–water partition coefficient (Wildman–Crippen LogP) is 2.25. The number of hydrogen-bond donors (Lipinski definition) is 0. The number of hydrogen-bond acceptors (Lipinski definition) is 2. The Morgan fingerprint density at radius 3 is 2.56 bits per heavy atom. The molecule has 0 aliphatic rings. The normalized spacial score (nSPS) is 14.9. The van der Waals surface area contributed by atoms with Crippen molar-refractivity contribution in [2.24, 2.45) is 0 Å². The summed E-state index contributed by atoms with van der Waals surface area (Å²) in [6.45, 7) is 4.15. The van der Waals surface area contributed by atoms with Gasteiger partial charge in [0.2, 0.25) is 0 Å². The van der Waals surface area contributed by atoms with Gasteiger partial charge in [0, 0.05) is 0 Å². The second-order valence-electron chi connectivity index (χ2n) is 2.05. The van der Waals surface area contributed by atoms with Gasteiger partial charge in [0.05, 0.1) is 6.10 Å². The van der Waals surface area contributed by atoms with E-state index in [0.29, 0.717) is 0 Å². The van der Waals surface area contributed by atoms with E-state index >= 15 is 0 Å². The van der Waals surface area contributed by atoms with Crippen molar-refractivity contribution in [1.82, 2.24) is 0 Å². The molecule has 0 heterocycles. The van der Waals surface area contributed by atoms with E-state index in [1.807, 2.05) is 0 Å². The molecule has 0 fully saturated rings. The van der Waals surface area contributed by atoms with Gasteiger partial charge in [-0.05, 0) is 12.8 Å². The van der Waals surface area contributed by atoms with Crippen LogP contribution in [0.25, 0.3) is 0 Å². The Hall–Kier alpha value is 0.190. The summed E-state index contributed by atoms with van der Waals surface area (Å²) in [6, 6.07) is 0. The van der Waals surface area contributed by atoms with E-state index in [1.165, 1.54) is 0 Å². The minimum absolute atomic E-state index is 0.238. The maximum absolute atomic E-state index is 10.0. The van der Waals surface area contributed by atoms with Crippen LogP contribution in [0.15, 0.2) is 0 Å². The highest BCUT2D eigenvalue weighted by atomic mass is 31.1. The van der Waals surface area contributed by atoms with Gasteiger partial charge in [-0.25, -0.2) is 0 Å². The van der Waals surface area contributed by atoms with Crippen molar-refractivity contribution in [3.63, 3.8) is 0 Å². The van der Waals surface area contributed by atoms with Crippen molar-refractivity contribution in [3.05, 3.63) is 0 Å². The third-order valence-corrected chi connectivity index (χ3v) is 1.81. The molecule has 2 unspecified atom stereocenters. The lowest BCUT2D eigenvalue weighted by molar-refractivity contribution is 0.206. The van der Waals surface area contributed by atoms with Crippen molar-refractivity contribution >= 4 is 8.69 Å². The van der Waals surface area contributed by atoms with E-state index in [1.54, 1.807) is 0 Å². The first-order chi connectivity index (χ1) is 4.35. The average molecular weight is 150 g/mol. The molecule has 0 spiro atoms. The van der Waals surface area contributed by atoms with Crippen LogP contribution in [0.3, 0.4) is 0 Å². The Bertz CT molecular complexity index is 75.5. The van der Waals surface area contributed by atoms with Crippen LogP contribution in [0.4, 0.5) is 0 Å². The molecule has 0 aromatic heterocycles. The largest absolute Gasteiger partial charge is 0.329 e. The minimum Gasteiger partial charge on any atom is -0.329 e. The van der Waals surface area contributed by atoms with Crippen molar-refractivity contribution in [3.8, 4) is 0 Å². The van der Waals surface area contributed by atoms with Crippen molar-refractivity contribution in [2.45, 2.75) is 39.2 Å². The molecule has 0 bridgehead atoms. The first kappa shape index (κ1) is 9.19. The second-order valence-corrected chi connectivity index (χ2v) is 2.52. The van der Waals surface area contributed by atoms with Gasteiger partial charge in [0.25, 0.3) is 0 Å². The summed E-state index contributed by atoms with van der Waals surface area (Å²) in [5, 5.41) is 0. The van der Waals surface area contributed by atoms with Crippen LogP contribution in [0.2, 0.25) is 0 Å². The standard InChI is InChI=1S/C6H15O2P/c1-3-5-6(4-2)8-9-7/h6H,3-5,9H2,1-2H3. The maximum atomic E-state index is 10.0. The minimum atomic E-state index is -1.01. The molecular weight excluding hydrogens is 135 g/mol. The van der Waals surface area contributed by atoms with E-state index in [0.717, 1.165) is 19.3 Å². The molecule has 0 saturated heterocycles. The highest BCUT2D eigenvalue weighted by Crippen LogP contribution is 2.11. The van der Waals surface area contributed by atoms with Gasteiger partial charge in [-0.3, -0.25) is 4.57 Å². The molecule has 56 valence electrons. The molecule has 2 nitrogen and oxygen atoms in total. The van der Waals surface area contributed by atoms with Gasteiger partial charge in [0.15, 0.2) is 8.69 Å². The first-order valence-electron chi connectivity index (χ1n) is 3.44. The van der Waals surface area contributed by atoms with Crippen LogP contribution in [-0.4, -0.2) is 6.10 Å². The molecule has 0 aromatic rings. The van der Waals surface area contributed by atoms with Crippen LogP contribution in [-0.2, 0) is 9.09 Å². The zero-order valence-corrected chi connectivity index (χ0v) is 7.25. The fraction of sp³-hybridized carbons (Fsp3) is 1.00. The lowest BCUT2D eigenvalue weighted by atomic mass is 10.2. The lowest BCUT2D eigenvalue weighted by Crippen LogP contribution is -2.04. The maximum Gasteiger partial charge on any atom is 0.180 e. The monoisotopic (exact) mass is 150 g/mol. The van der Waals surface area contributed by atoms with Gasteiger partial charge in [0.1, 0.15) is 0 Å². The average Bonchev–Trinajstić information content (AvgIpc) is 1.88. The van der Waals surface area contributed by atoms with Gasteiger partial charge < -0.3 is 4.52 Å². The molecule has 0 saturated carbocycles. The van der Waals surface area contributed by atoms with E-state index in [4.69, 9.17) is 4.52 Å². The highest BCUT2D eigenvalue weighted by Gasteiger charge is 2.01. The van der Waals surface area contributed by atoms with E-state index in [2.05, 4.69) is 13.8 Å². The Labute approximate surface area is 57.9 Å². The SMILES string of the molecule is CCCC(CC)O[PH2]=O. The smallest absolute Gasteiger partial charge is 0.180 e. The topological polar surface area (TPSA) is 26.3 Å². The third-order valence-electron chi connectivity index (χ3n) is 1.31. The van der Waals surface area contributed by atoms with E-state index in [-0.39, 0.29) is 6.10 Å². The van der Waals surface area contributed by atoms with E-state index < -0.39 is 8.69 Å². The van der Waals surface area contributed by atoms with Crippen molar-refractivity contribution in [2.75, 3.05) is 0 Å². The molecule has 0 rings (SSSR count). The summed E-state index contributed by atoms with van der Waals surface area (Å²) in [6.07, 6.45) is 3.36. The van der Waals surface area contributed by atoms with Gasteiger partial charge in [-0.1, -0.05) is 20.3 Å². The fourth-order valence-corrected chi connectivity index (χ4v) is 1.25. The molecular formula is C6H15O2P. The van der Waals surface area contributed by atoms with Crippen LogP contribution in [0, 0.1) is 0 Å². The summed E-state index contributed by atoms with van der Waals surface area (Å²) in [4.78, 5) is 0. The molecule has 0 aliphatic heterocycles. The van der Waals surface area contributed by atoms with E-state index in [9.17, 15) is 4.57 Å². The van der Waals surface area contributed by atoms with Crippen LogP contribution < -0.4 is 0 Å². The van der Waals surface area contributed by atoms with Gasteiger partial charge in [-0.15, -0.1) is 0 Å². The summed E-state index contributed by atoms with van der Waals surface area (Å²) in [5.74, 6) is 0. The van der Waals surface area contributed by atoms with Crippen LogP contribution in [0.5, 0.6) is 0 Å².